The first-order chi connectivity index (χ1) is 13.2. The van der Waals surface area contributed by atoms with Crippen LogP contribution < -0.4 is 10.6 Å². The van der Waals surface area contributed by atoms with Gasteiger partial charge in [0.15, 0.2) is 5.96 Å². The fourth-order valence-electron chi connectivity index (χ4n) is 3.30. The van der Waals surface area contributed by atoms with Crippen LogP contribution in [-0.4, -0.2) is 5.96 Å². The topological polar surface area (TPSA) is 36.4 Å². The van der Waals surface area contributed by atoms with Gasteiger partial charge in [-0.1, -0.05) is 54.6 Å². The van der Waals surface area contributed by atoms with E-state index in [9.17, 15) is 8.78 Å². The maximum absolute atomic E-state index is 13.7. The van der Waals surface area contributed by atoms with Crippen LogP contribution in [0.15, 0.2) is 83.9 Å². The van der Waals surface area contributed by atoms with Crippen LogP contribution in [0.25, 0.3) is 0 Å². The van der Waals surface area contributed by atoms with Crippen molar-refractivity contribution in [3.8, 4) is 0 Å². The first-order valence-electron chi connectivity index (χ1n) is 8.81. The Kier molecular flexibility index (Phi) is 6.26. The van der Waals surface area contributed by atoms with Crippen LogP contribution in [-0.2, 0) is 6.54 Å². The molecule has 4 rings (SSSR count). The number of guanidine groups is 1. The van der Waals surface area contributed by atoms with Gasteiger partial charge in [-0.05, 0) is 41.0 Å². The van der Waals surface area contributed by atoms with Gasteiger partial charge in [-0.3, -0.25) is 0 Å². The molecule has 2 N–H and O–H groups in total. The summed E-state index contributed by atoms with van der Waals surface area (Å²) in [6.07, 6.45) is 0. The minimum absolute atomic E-state index is 0. The zero-order chi connectivity index (χ0) is 18.6. The van der Waals surface area contributed by atoms with Crippen molar-refractivity contribution in [2.75, 3.05) is 0 Å². The smallest absolute Gasteiger partial charge is 0.192 e. The van der Waals surface area contributed by atoms with E-state index in [1.165, 1.54) is 24.3 Å². The van der Waals surface area contributed by atoms with Gasteiger partial charge >= 0.3 is 0 Å². The van der Waals surface area contributed by atoms with Gasteiger partial charge in [-0.15, -0.1) is 12.4 Å². The van der Waals surface area contributed by atoms with E-state index >= 15 is 0 Å². The van der Waals surface area contributed by atoms with Gasteiger partial charge in [-0.25, -0.2) is 13.8 Å². The zero-order valence-corrected chi connectivity index (χ0v) is 15.8. The monoisotopic (exact) mass is 399 g/mol. The minimum atomic E-state index is -0.304. The molecule has 1 saturated heterocycles. The molecule has 3 aromatic rings. The number of hydrogen-bond donors (Lipinski definition) is 2. The van der Waals surface area contributed by atoms with E-state index < -0.39 is 0 Å². The predicted molar refractivity (Wildman–Crippen MR) is 109 cm³/mol. The first kappa shape index (κ1) is 19.8. The molecule has 1 heterocycles. The molecule has 0 amide bonds. The molecule has 2 atom stereocenters. The minimum Gasteiger partial charge on any atom is -0.347 e. The van der Waals surface area contributed by atoms with Gasteiger partial charge in [0.05, 0.1) is 18.6 Å². The molecule has 1 aliphatic rings. The zero-order valence-electron chi connectivity index (χ0n) is 15.0. The van der Waals surface area contributed by atoms with E-state index in [1.54, 1.807) is 12.1 Å². The second kappa shape index (κ2) is 8.85. The van der Waals surface area contributed by atoms with Crippen molar-refractivity contribution in [3.63, 3.8) is 0 Å². The number of rotatable bonds is 4. The van der Waals surface area contributed by atoms with Crippen LogP contribution in [0.3, 0.4) is 0 Å². The standard InChI is InChI=1S/C22H19F2N3.ClH/c23-18-10-4-8-16(12-18)20-21(17-9-5-11-19(24)13-17)27-22(26-20)25-14-15-6-2-1-3-7-15;/h1-13,20-21H,14H2,(H2,25,26,27);1H/t20-,21+;. The summed E-state index contributed by atoms with van der Waals surface area (Å²) in [4.78, 5) is 4.60. The van der Waals surface area contributed by atoms with Gasteiger partial charge < -0.3 is 10.6 Å². The summed E-state index contributed by atoms with van der Waals surface area (Å²) in [6, 6.07) is 22.3. The Labute approximate surface area is 168 Å². The van der Waals surface area contributed by atoms with E-state index in [4.69, 9.17) is 0 Å². The fourth-order valence-corrected chi connectivity index (χ4v) is 3.30. The molecule has 1 fully saturated rings. The van der Waals surface area contributed by atoms with E-state index in [0.717, 1.165) is 16.7 Å². The highest BCUT2D eigenvalue weighted by atomic mass is 35.5. The molecular weight excluding hydrogens is 380 g/mol. The molecule has 1 aliphatic heterocycles. The fraction of sp³-hybridized carbons (Fsp3) is 0.136. The highest BCUT2D eigenvalue weighted by molar-refractivity contribution is 5.85. The molecule has 0 aliphatic carbocycles. The van der Waals surface area contributed by atoms with Crippen molar-refractivity contribution in [1.29, 1.82) is 0 Å². The Morgan fingerprint density at radius 1 is 0.714 bits per heavy atom. The lowest BCUT2D eigenvalue weighted by Gasteiger charge is -2.19. The normalized spacial score (nSPS) is 19.6. The largest absolute Gasteiger partial charge is 0.347 e. The molecule has 0 aromatic heterocycles. The maximum Gasteiger partial charge on any atom is 0.192 e. The highest BCUT2D eigenvalue weighted by Gasteiger charge is 2.33. The highest BCUT2D eigenvalue weighted by Crippen LogP contribution is 2.33. The average molecular weight is 400 g/mol. The average Bonchev–Trinajstić information content (AvgIpc) is 3.12. The lowest BCUT2D eigenvalue weighted by molar-refractivity contribution is 0.540. The number of benzene rings is 3. The molecule has 3 aromatic carbocycles. The van der Waals surface area contributed by atoms with Crippen molar-refractivity contribution in [2.24, 2.45) is 4.99 Å². The number of nitrogens with zero attached hydrogens (tertiary/aromatic N) is 1. The van der Waals surface area contributed by atoms with E-state index in [-0.39, 0.29) is 36.1 Å². The maximum atomic E-state index is 13.7. The van der Waals surface area contributed by atoms with Crippen molar-refractivity contribution < 1.29 is 8.78 Å². The molecule has 0 radical (unpaired) electrons. The lowest BCUT2D eigenvalue weighted by Crippen LogP contribution is -2.25. The van der Waals surface area contributed by atoms with E-state index in [1.807, 2.05) is 42.5 Å². The summed E-state index contributed by atoms with van der Waals surface area (Å²) < 4.78 is 27.5. The van der Waals surface area contributed by atoms with Crippen LogP contribution in [0.1, 0.15) is 28.8 Å². The summed E-state index contributed by atoms with van der Waals surface area (Å²) in [5.74, 6) is 0.00584. The van der Waals surface area contributed by atoms with Crippen LogP contribution in [0.4, 0.5) is 8.78 Å². The van der Waals surface area contributed by atoms with Gasteiger partial charge in [0.2, 0.25) is 0 Å². The number of hydrogen-bond acceptors (Lipinski definition) is 1. The summed E-state index contributed by atoms with van der Waals surface area (Å²) in [5, 5.41) is 6.65. The molecule has 6 heteroatoms. The Morgan fingerprint density at radius 2 is 1.25 bits per heavy atom. The third-order valence-electron chi connectivity index (χ3n) is 4.60. The van der Waals surface area contributed by atoms with Crippen LogP contribution in [0, 0.1) is 11.6 Å². The van der Waals surface area contributed by atoms with Crippen molar-refractivity contribution in [1.82, 2.24) is 10.6 Å². The van der Waals surface area contributed by atoms with Crippen LogP contribution >= 0.6 is 12.4 Å². The summed E-state index contributed by atoms with van der Waals surface area (Å²) in [7, 11) is 0. The van der Waals surface area contributed by atoms with E-state index in [0.29, 0.717) is 12.5 Å². The summed E-state index contributed by atoms with van der Waals surface area (Å²) in [5.41, 5.74) is 2.65. The van der Waals surface area contributed by atoms with Crippen LogP contribution in [0.5, 0.6) is 0 Å². The van der Waals surface area contributed by atoms with Crippen LogP contribution in [0.2, 0.25) is 0 Å². The third-order valence-corrected chi connectivity index (χ3v) is 4.60. The van der Waals surface area contributed by atoms with Gasteiger partial charge in [0, 0.05) is 0 Å². The first-order valence-corrected chi connectivity index (χ1v) is 8.81. The predicted octanol–water partition coefficient (Wildman–Crippen LogP) is 4.92. The van der Waals surface area contributed by atoms with Gasteiger partial charge in [-0.2, -0.15) is 0 Å². The summed E-state index contributed by atoms with van der Waals surface area (Å²) >= 11 is 0. The van der Waals surface area contributed by atoms with Crippen molar-refractivity contribution in [2.45, 2.75) is 18.6 Å². The molecule has 144 valence electrons. The molecule has 0 unspecified atom stereocenters. The molecule has 28 heavy (non-hydrogen) atoms. The third kappa shape index (κ3) is 4.49. The number of nitrogens with one attached hydrogen (secondary N) is 2. The number of aliphatic imine (C=N–C) groups is 1. The molecule has 3 nitrogen and oxygen atoms in total. The van der Waals surface area contributed by atoms with Crippen molar-refractivity contribution in [3.05, 3.63) is 107 Å². The molecular formula is C22H20ClF2N3. The van der Waals surface area contributed by atoms with E-state index in [2.05, 4.69) is 15.6 Å². The Bertz CT molecular complexity index is 907. The Hall–Kier alpha value is -2.92. The van der Waals surface area contributed by atoms with Crippen molar-refractivity contribution >= 4 is 18.4 Å². The molecule has 0 spiro atoms. The quantitative estimate of drug-likeness (QED) is 0.653. The van der Waals surface area contributed by atoms with Gasteiger partial charge in [0.1, 0.15) is 11.6 Å². The lowest BCUT2D eigenvalue weighted by atomic mass is 9.95. The Balaban J connectivity index is 0.00000225. The second-order valence-electron chi connectivity index (χ2n) is 6.50. The second-order valence-corrected chi connectivity index (χ2v) is 6.50. The molecule has 0 bridgehead atoms. The van der Waals surface area contributed by atoms with Gasteiger partial charge in [0.25, 0.3) is 0 Å². The SMILES string of the molecule is Cl.Fc1cccc([C@H]2NC(=NCc3ccccc3)N[C@H]2c2cccc(F)c2)c1. The number of halogens is 3. The summed E-state index contributed by atoms with van der Waals surface area (Å²) in [6.45, 7) is 0.516. The Morgan fingerprint density at radius 3 is 1.75 bits per heavy atom. The molecule has 0 saturated carbocycles.